The summed E-state index contributed by atoms with van der Waals surface area (Å²) in [5.41, 5.74) is 2.75. The van der Waals surface area contributed by atoms with Gasteiger partial charge in [0, 0.05) is 20.1 Å². The molecule has 0 aromatic heterocycles. The van der Waals surface area contributed by atoms with Gasteiger partial charge in [0.2, 0.25) is 0 Å². The number of rotatable bonds is 8. The highest BCUT2D eigenvalue weighted by molar-refractivity contribution is 7.92. The summed E-state index contributed by atoms with van der Waals surface area (Å²) in [6, 6.07) is 21.3. The van der Waals surface area contributed by atoms with Gasteiger partial charge in [0.05, 0.1) is 17.7 Å². The summed E-state index contributed by atoms with van der Waals surface area (Å²) >= 11 is 0. The number of sulfonamides is 1. The van der Waals surface area contributed by atoms with Gasteiger partial charge in [-0.15, -0.1) is 0 Å². The molecule has 0 radical (unpaired) electrons. The topological polar surface area (TPSA) is 76.1 Å². The summed E-state index contributed by atoms with van der Waals surface area (Å²) in [5.74, 6) is 1.01. The van der Waals surface area contributed by atoms with E-state index in [0.717, 1.165) is 35.4 Å². The lowest BCUT2D eigenvalue weighted by Gasteiger charge is -2.30. The molecule has 0 saturated carbocycles. The molecule has 0 saturated heterocycles. The van der Waals surface area contributed by atoms with Gasteiger partial charge in [0.25, 0.3) is 15.9 Å². The van der Waals surface area contributed by atoms with Crippen molar-refractivity contribution in [2.24, 2.45) is 0 Å². The van der Waals surface area contributed by atoms with E-state index in [0.29, 0.717) is 18.8 Å². The van der Waals surface area contributed by atoms with Crippen LogP contribution in [0.15, 0.2) is 77.7 Å². The second-order valence-corrected chi connectivity index (χ2v) is 10.0. The lowest BCUT2D eigenvalue weighted by Crippen LogP contribution is -2.35. The van der Waals surface area contributed by atoms with E-state index in [2.05, 4.69) is 0 Å². The number of aryl methyl sites for hydroxylation is 1. The highest BCUT2D eigenvalue weighted by Crippen LogP contribution is 2.32. The highest BCUT2D eigenvalue weighted by Gasteiger charge is 2.28. The van der Waals surface area contributed by atoms with E-state index in [4.69, 9.17) is 9.47 Å². The first-order valence-electron chi connectivity index (χ1n) is 11.1. The zero-order valence-electron chi connectivity index (χ0n) is 19.3. The summed E-state index contributed by atoms with van der Waals surface area (Å²) in [5, 5.41) is 0. The Morgan fingerprint density at radius 2 is 1.65 bits per heavy atom. The van der Waals surface area contributed by atoms with E-state index in [-0.39, 0.29) is 17.4 Å². The van der Waals surface area contributed by atoms with Crippen LogP contribution in [0.3, 0.4) is 0 Å². The monoisotopic (exact) mass is 480 g/mol. The Balaban J connectivity index is 1.37. The second-order valence-electron chi connectivity index (χ2n) is 8.17. The van der Waals surface area contributed by atoms with Crippen molar-refractivity contribution in [3.8, 4) is 11.5 Å². The van der Waals surface area contributed by atoms with Crippen LogP contribution in [0.5, 0.6) is 11.5 Å². The third kappa shape index (κ3) is 5.17. The molecule has 178 valence electrons. The third-order valence-electron chi connectivity index (χ3n) is 5.85. The minimum atomic E-state index is -3.68. The minimum Gasteiger partial charge on any atom is -0.497 e. The number of methoxy groups -OCH3 is 1. The van der Waals surface area contributed by atoms with E-state index < -0.39 is 10.0 Å². The van der Waals surface area contributed by atoms with Gasteiger partial charge < -0.3 is 14.4 Å². The van der Waals surface area contributed by atoms with Crippen LogP contribution in [0.25, 0.3) is 0 Å². The molecule has 0 spiro atoms. The smallest absolute Gasteiger partial charge is 0.264 e. The lowest BCUT2D eigenvalue weighted by atomic mass is 10.0. The number of carbonyl (C=O) groups is 1. The van der Waals surface area contributed by atoms with E-state index in [9.17, 15) is 13.2 Å². The van der Waals surface area contributed by atoms with Crippen molar-refractivity contribution < 1.29 is 22.7 Å². The summed E-state index contributed by atoms with van der Waals surface area (Å²) < 4.78 is 38.7. The molecule has 8 heteroatoms. The molecule has 0 aliphatic carbocycles. The average molecular weight is 481 g/mol. The van der Waals surface area contributed by atoms with Crippen molar-refractivity contribution in [3.63, 3.8) is 0 Å². The molecule has 1 heterocycles. The van der Waals surface area contributed by atoms with Gasteiger partial charge in [0.15, 0.2) is 6.61 Å². The standard InChI is InChI=1S/C26H28N2O5S/c1-27(18-20-9-11-22(32-2)12-10-20)26(29)19-33-23-13-15-24(16-14-23)34(30,31)28-17-5-7-21-6-3-4-8-25(21)28/h3-4,6,8-16H,5,7,17-19H2,1-2H3. The maximum Gasteiger partial charge on any atom is 0.264 e. The summed E-state index contributed by atoms with van der Waals surface area (Å²) in [6.07, 6.45) is 1.65. The van der Waals surface area contributed by atoms with Gasteiger partial charge in [-0.25, -0.2) is 8.42 Å². The fourth-order valence-corrected chi connectivity index (χ4v) is 5.47. The average Bonchev–Trinajstić information content (AvgIpc) is 2.87. The second kappa shape index (κ2) is 10.2. The number of carbonyl (C=O) groups excluding carboxylic acids is 1. The minimum absolute atomic E-state index is 0.141. The first-order chi connectivity index (χ1) is 16.4. The van der Waals surface area contributed by atoms with Crippen LogP contribution >= 0.6 is 0 Å². The molecule has 0 bridgehead atoms. The zero-order valence-corrected chi connectivity index (χ0v) is 20.1. The Bertz CT molecular complexity index is 1240. The molecule has 1 amide bonds. The van der Waals surface area contributed by atoms with Gasteiger partial charge in [-0.3, -0.25) is 9.10 Å². The fraction of sp³-hybridized carbons (Fsp3) is 0.269. The van der Waals surface area contributed by atoms with Crippen LogP contribution in [0.4, 0.5) is 5.69 Å². The number of nitrogens with zero attached hydrogens (tertiary/aromatic N) is 2. The number of likely N-dealkylation sites (N-methyl/N-ethyl adjacent to an activating group) is 1. The molecular formula is C26H28N2O5S. The Hall–Kier alpha value is -3.52. The molecule has 0 fully saturated rings. The number of ether oxygens (including phenoxy) is 2. The lowest BCUT2D eigenvalue weighted by molar-refractivity contribution is -0.132. The predicted molar refractivity (Wildman–Crippen MR) is 131 cm³/mol. The molecule has 0 atom stereocenters. The highest BCUT2D eigenvalue weighted by atomic mass is 32.2. The van der Waals surface area contributed by atoms with Gasteiger partial charge in [-0.05, 0) is 66.4 Å². The SMILES string of the molecule is COc1ccc(CN(C)C(=O)COc2ccc(S(=O)(=O)N3CCCc4ccccc43)cc2)cc1. The maximum absolute atomic E-state index is 13.2. The van der Waals surface area contributed by atoms with Crippen LogP contribution in [0, 0.1) is 0 Å². The Morgan fingerprint density at radius 1 is 0.971 bits per heavy atom. The van der Waals surface area contributed by atoms with Crippen molar-refractivity contribution in [2.45, 2.75) is 24.3 Å². The van der Waals surface area contributed by atoms with E-state index in [1.807, 2.05) is 48.5 Å². The quantitative estimate of drug-likeness (QED) is 0.489. The van der Waals surface area contributed by atoms with Gasteiger partial charge >= 0.3 is 0 Å². The Labute approximate surface area is 200 Å². The normalized spacial score (nSPS) is 13.2. The van der Waals surface area contributed by atoms with E-state index >= 15 is 0 Å². The van der Waals surface area contributed by atoms with Crippen molar-refractivity contribution in [1.29, 1.82) is 0 Å². The number of hydrogen-bond acceptors (Lipinski definition) is 5. The summed E-state index contributed by atoms with van der Waals surface area (Å²) in [6.45, 7) is 0.756. The molecule has 7 nitrogen and oxygen atoms in total. The number of para-hydroxylation sites is 1. The van der Waals surface area contributed by atoms with Crippen molar-refractivity contribution in [2.75, 3.05) is 31.6 Å². The summed E-state index contributed by atoms with van der Waals surface area (Å²) in [7, 11) is -0.365. The third-order valence-corrected chi connectivity index (χ3v) is 7.67. The number of benzene rings is 3. The van der Waals surface area contributed by atoms with Crippen molar-refractivity contribution in [1.82, 2.24) is 4.90 Å². The molecule has 0 unspecified atom stereocenters. The van der Waals surface area contributed by atoms with E-state index in [1.54, 1.807) is 31.2 Å². The number of hydrogen-bond donors (Lipinski definition) is 0. The summed E-state index contributed by atoms with van der Waals surface area (Å²) in [4.78, 5) is 14.2. The van der Waals surface area contributed by atoms with E-state index in [1.165, 1.54) is 16.4 Å². The maximum atomic E-state index is 13.2. The van der Waals surface area contributed by atoms with Crippen LogP contribution in [0.1, 0.15) is 17.5 Å². The molecule has 0 N–H and O–H groups in total. The molecule has 3 aromatic rings. The first-order valence-corrected chi connectivity index (χ1v) is 12.5. The largest absolute Gasteiger partial charge is 0.497 e. The number of amides is 1. The fourth-order valence-electron chi connectivity index (χ4n) is 3.93. The molecule has 3 aromatic carbocycles. The Kier molecular flexibility index (Phi) is 7.07. The van der Waals surface area contributed by atoms with Crippen molar-refractivity contribution >= 4 is 21.6 Å². The van der Waals surface area contributed by atoms with Gasteiger partial charge in [0.1, 0.15) is 11.5 Å². The Morgan fingerprint density at radius 3 is 2.35 bits per heavy atom. The number of anilines is 1. The van der Waals surface area contributed by atoms with Crippen LogP contribution in [-0.4, -0.2) is 46.5 Å². The van der Waals surface area contributed by atoms with Gasteiger partial charge in [-0.1, -0.05) is 30.3 Å². The molecule has 1 aliphatic rings. The predicted octanol–water partition coefficient (Wildman–Crippen LogP) is 3.87. The molecule has 34 heavy (non-hydrogen) atoms. The number of fused-ring (bicyclic) bond motifs is 1. The molecule has 1 aliphatic heterocycles. The van der Waals surface area contributed by atoms with Crippen molar-refractivity contribution in [3.05, 3.63) is 83.9 Å². The van der Waals surface area contributed by atoms with Crippen LogP contribution < -0.4 is 13.8 Å². The first kappa shape index (κ1) is 23.6. The molecule has 4 rings (SSSR count). The van der Waals surface area contributed by atoms with Crippen LogP contribution in [-0.2, 0) is 27.8 Å². The van der Waals surface area contributed by atoms with Crippen LogP contribution in [0.2, 0.25) is 0 Å². The molecular weight excluding hydrogens is 452 g/mol. The van der Waals surface area contributed by atoms with Gasteiger partial charge in [-0.2, -0.15) is 0 Å². The zero-order chi connectivity index (χ0) is 24.1.